The maximum Gasteiger partial charge on any atom is 0.258 e. The first-order valence-electron chi connectivity index (χ1n) is 7.33. The molecule has 1 heterocycles. The fourth-order valence-corrected chi connectivity index (χ4v) is 2.46. The number of hydrogen-bond acceptors (Lipinski definition) is 3. The van der Waals surface area contributed by atoms with Crippen LogP contribution in [0.1, 0.15) is 49.0 Å². The normalized spacial score (nSPS) is 19.3. The van der Waals surface area contributed by atoms with E-state index in [0.29, 0.717) is 19.5 Å². The molecule has 0 saturated carbocycles. The molecule has 1 aromatic rings. The molecule has 0 unspecified atom stereocenters. The van der Waals surface area contributed by atoms with Crippen LogP contribution in [0.5, 0.6) is 5.75 Å². The second-order valence-electron chi connectivity index (χ2n) is 5.75. The van der Waals surface area contributed by atoms with Crippen LogP contribution in [0, 0.1) is 0 Å². The number of phenolic OH excluding ortho intramolecular Hbond substituents is 1. The highest BCUT2D eigenvalue weighted by atomic mass is 16.3. The van der Waals surface area contributed by atoms with Crippen molar-refractivity contribution in [1.82, 2.24) is 10.2 Å². The van der Waals surface area contributed by atoms with Crippen LogP contribution in [0.4, 0.5) is 0 Å². The van der Waals surface area contributed by atoms with Gasteiger partial charge < -0.3 is 15.3 Å². The minimum absolute atomic E-state index is 0.0249. The van der Waals surface area contributed by atoms with E-state index in [2.05, 4.69) is 5.32 Å². The Hall–Kier alpha value is -2.04. The van der Waals surface area contributed by atoms with Crippen molar-refractivity contribution in [2.24, 2.45) is 0 Å². The van der Waals surface area contributed by atoms with Crippen molar-refractivity contribution in [3.05, 3.63) is 29.3 Å². The molecule has 1 aromatic carbocycles. The van der Waals surface area contributed by atoms with Gasteiger partial charge in [-0.3, -0.25) is 9.59 Å². The molecule has 0 aliphatic carbocycles. The lowest BCUT2D eigenvalue weighted by molar-refractivity contribution is -0.124. The Bertz CT molecular complexity index is 554. The molecule has 21 heavy (non-hydrogen) atoms. The summed E-state index contributed by atoms with van der Waals surface area (Å²) in [5.41, 5.74) is 1.23. The smallest absolute Gasteiger partial charge is 0.258 e. The van der Waals surface area contributed by atoms with Crippen molar-refractivity contribution in [3.63, 3.8) is 0 Å². The number of nitrogens with one attached hydrogen (secondary N) is 1. The molecule has 2 amide bonds. The first-order valence-corrected chi connectivity index (χ1v) is 7.33. The Kier molecular flexibility index (Phi) is 4.50. The van der Waals surface area contributed by atoms with E-state index in [1.807, 2.05) is 19.9 Å². The largest absolute Gasteiger partial charge is 0.507 e. The third-order valence-electron chi connectivity index (χ3n) is 3.90. The molecule has 1 atom stereocenters. The molecule has 1 fully saturated rings. The lowest BCUT2D eigenvalue weighted by atomic mass is 10.00. The van der Waals surface area contributed by atoms with Gasteiger partial charge in [-0.25, -0.2) is 0 Å². The van der Waals surface area contributed by atoms with E-state index in [9.17, 15) is 14.7 Å². The number of rotatable bonds is 2. The van der Waals surface area contributed by atoms with Gasteiger partial charge in [0, 0.05) is 13.1 Å². The van der Waals surface area contributed by atoms with Crippen molar-refractivity contribution >= 4 is 11.8 Å². The molecule has 0 bridgehead atoms. The molecule has 5 heteroatoms. The standard InChI is InChI=1S/C16H22N2O3/c1-10(2)12-5-6-13(14(19)9-12)16(21)18-8-4-7-17-15(20)11(18)3/h5-6,9-11,19H,4,7-8H2,1-3H3,(H,17,20)/t11-/m1/s1. The van der Waals surface area contributed by atoms with Crippen LogP contribution in [0.15, 0.2) is 18.2 Å². The Morgan fingerprint density at radius 1 is 1.43 bits per heavy atom. The zero-order valence-electron chi connectivity index (χ0n) is 12.7. The van der Waals surface area contributed by atoms with Crippen molar-refractivity contribution < 1.29 is 14.7 Å². The molecule has 2 rings (SSSR count). The fourth-order valence-electron chi connectivity index (χ4n) is 2.46. The predicted octanol–water partition coefficient (Wildman–Crippen LogP) is 1.87. The van der Waals surface area contributed by atoms with Crippen molar-refractivity contribution in [2.75, 3.05) is 13.1 Å². The number of phenols is 1. The van der Waals surface area contributed by atoms with Crippen LogP contribution < -0.4 is 5.32 Å². The average molecular weight is 290 g/mol. The van der Waals surface area contributed by atoms with Crippen LogP contribution >= 0.6 is 0 Å². The summed E-state index contributed by atoms with van der Waals surface area (Å²) >= 11 is 0. The van der Waals surface area contributed by atoms with Gasteiger partial charge in [0.05, 0.1) is 5.56 Å². The minimum Gasteiger partial charge on any atom is -0.507 e. The summed E-state index contributed by atoms with van der Waals surface area (Å²) in [4.78, 5) is 25.9. The van der Waals surface area contributed by atoms with Gasteiger partial charge in [0.15, 0.2) is 0 Å². The highest BCUT2D eigenvalue weighted by Gasteiger charge is 2.29. The van der Waals surface area contributed by atoms with Gasteiger partial charge >= 0.3 is 0 Å². The molecule has 0 spiro atoms. The SMILES string of the molecule is CC(C)c1ccc(C(=O)N2CCCNC(=O)[C@H]2C)c(O)c1. The molecule has 1 saturated heterocycles. The third kappa shape index (κ3) is 3.17. The van der Waals surface area contributed by atoms with Crippen molar-refractivity contribution in [2.45, 2.75) is 39.2 Å². The molecule has 1 aliphatic rings. The summed E-state index contributed by atoms with van der Waals surface area (Å²) < 4.78 is 0. The van der Waals surface area contributed by atoms with Gasteiger partial charge in [0.2, 0.25) is 5.91 Å². The van der Waals surface area contributed by atoms with E-state index >= 15 is 0 Å². The topological polar surface area (TPSA) is 69.6 Å². The van der Waals surface area contributed by atoms with E-state index in [0.717, 1.165) is 5.56 Å². The van der Waals surface area contributed by atoms with E-state index in [4.69, 9.17) is 0 Å². The zero-order chi connectivity index (χ0) is 15.6. The van der Waals surface area contributed by atoms with Gasteiger partial charge in [0.25, 0.3) is 5.91 Å². The first-order chi connectivity index (χ1) is 9.91. The van der Waals surface area contributed by atoms with Crippen molar-refractivity contribution in [1.29, 1.82) is 0 Å². The Labute approximate surface area is 125 Å². The molecule has 114 valence electrons. The fraction of sp³-hybridized carbons (Fsp3) is 0.500. The average Bonchev–Trinajstić information content (AvgIpc) is 2.61. The molecular formula is C16H22N2O3. The monoisotopic (exact) mass is 290 g/mol. The van der Waals surface area contributed by atoms with Crippen LogP contribution in [0.25, 0.3) is 0 Å². The zero-order valence-corrected chi connectivity index (χ0v) is 12.7. The van der Waals surface area contributed by atoms with Gasteiger partial charge in [0.1, 0.15) is 11.8 Å². The lowest BCUT2D eigenvalue weighted by Gasteiger charge is -2.26. The molecule has 0 radical (unpaired) electrons. The van der Waals surface area contributed by atoms with E-state index in [-0.39, 0.29) is 29.0 Å². The second kappa shape index (κ2) is 6.16. The van der Waals surface area contributed by atoms with Crippen LogP contribution in [0.3, 0.4) is 0 Å². The van der Waals surface area contributed by atoms with Gasteiger partial charge in [-0.1, -0.05) is 19.9 Å². The number of nitrogens with zero attached hydrogens (tertiary/aromatic N) is 1. The van der Waals surface area contributed by atoms with E-state index in [1.54, 1.807) is 19.1 Å². The summed E-state index contributed by atoms with van der Waals surface area (Å²) in [7, 11) is 0. The summed E-state index contributed by atoms with van der Waals surface area (Å²) in [5.74, 6) is -0.197. The highest BCUT2D eigenvalue weighted by Crippen LogP contribution is 2.25. The lowest BCUT2D eigenvalue weighted by Crippen LogP contribution is -2.45. The highest BCUT2D eigenvalue weighted by molar-refractivity contribution is 5.99. The quantitative estimate of drug-likeness (QED) is 0.873. The maximum absolute atomic E-state index is 12.6. The maximum atomic E-state index is 12.6. The molecule has 0 aromatic heterocycles. The summed E-state index contributed by atoms with van der Waals surface area (Å²) in [6.45, 7) is 6.84. The number of aromatic hydroxyl groups is 1. The second-order valence-corrected chi connectivity index (χ2v) is 5.75. The van der Waals surface area contributed by atoms with E-state index < -0.39 is 6.04 Å². The number of amides is 2. The third-order valence-corrected chi connectivity index (χ3v) is 3.90. The molecule has 1 aliphatic heterocycles. The first kappa shape index (κ1) is 15.4. The molecule has 5 nitrogen and oxygen atoms in total. The van der Waals surface area contributed by atoms with Crippen LogP contribution in [0.2, 0.25) is 0 Å². The van der Waals surface area contributed by atoms with Gasteiger partial charge in [-0.05, 0) is 37.0 Å². The Morgan fingerprint density at radius 3 is 2.76 bits per heavy atom. The predicted molar refractivity (Wildman–Crippen MR) is 80.3 cm³/mol. The van der Waals surface area contributed by atoms with Crippen LogP contribution in [-0.2, 0) is 4.79 Å². The van der Waals surface area contributed by atoms with E-state index in [1.165, 1.54) is 4.90 Å². The summed E-state index contributed by atoms with van der Waals surface area (Å²) in [6, 6.07) is 4.59. The summed E-state index contributed by atoms with van der Waals surface area (Å²) in [5, 5.41) is 12.9. The molecule has 2 N–H and O–H groups in total. The Morgan fingerprint density at radius 2 is 2.14 bits per heavy atom. The number of hydrogen-bond donors (Lipinski definition) is 2. The number of benzene rings is 1. The molecular weight excluding hydrogens is 268 g/mol. The van der Waals surface area contributed by atoms with Crippen molar-refractivity contribution in [3.8, 4) is 5.75 Å². The number of carbonyl (C=O) groups is 2. The van der Waals surface area contributed by atoms with Crippen LogP contribution in [-0.4, -0.2) is 41.0 Å². The summed E-state index contributed by atoms with van der Waals surface area (Å²) in [6.07, 6.45) is 0.715. The number of carbonyl (C=O) groups excluding carboxylic acids is 2. The minimum atomic E-state index is -0.524. The van der Waals surface area contributed by atoms with Gasteiger partial charge in [-0.15, -0.1) is 0 Å². The van der Waals surface area contributed by atoms with Gasteiger partial charge in [-0.2, -0.15) is 0 Å². The Balaban J connectivity index is 2.28.